The van der Waals surface area contributed by atoms with Gasteiger partial charge in [0.1, 0.15) is 11.9 Å². The topological polar surface area (TPSA) is 51.7 Å². The summed E-state index contributed by atoms with van der Waals surface area (Å²) in [6.45, 7) is 3.97. The highest BCUT2D eigenvalue weighted by molar-refractivity contribution is 9.10. The Labute approximate surface area is 156 Å². The van der Waals surface area contributed by atoms with Gasteiger partial charge in [-0.1, -0.05) is 13.3 Å². The second kappa shape index (κ2) is 8.34. The van der Waals surface area contributed by atoms with Crippen LogP contribution in [0.2, 0.25) is 0 Å². The molecular weight excluding hydrogens is 384 g/mol. The van der Waals surface area contributed by atoms with E-state index in [0.29, 0.717) is 31.1 Å². The Kier molecular flexibility index (Phi) is 5.91. The zero-order chi connectivity index (χ0) is 17.6. The minimum atomic E-state index is -0.0215. The van der Waals surface area contributed by atoms with Crippen molar-refractivity contribution >= 4 is 21.8 Å². The van der Waals surface area contributed by atoms with Crippen molar-refractivity contribution in [1.82, 2.24) is 9.88 Å². The normalized spacial score (nSPS) is 14.1. The van der Waals surface area contributed by atoms with Crippen molar-refractivity contribution in [2.24, 2.45) is 0 Å². The number of benzene rings is 1. The molecule has 0 spiro atoms. The molecule has 0 N–H and O–H groups in total. The number of rotatable bonds is 7. The van der Waals surface area contributed by atoms with E-state index in [1.807, 2.05) is 36.4 Å². The first-order valence-electron chi connectivity index (χ1n) is 8.46. The summed E-state index contributed by atoms with van der Waals surface area (Å²) in [4.78, 5) is 18.4. The third-order valence-corrected chi connectivity index (χ3v) is 4.61. The first-order valence-corrected chi connectivity index (χ1v) is 9.26. The number of unbranched alkanes of at least 4 members (excludes halogenated alkanes) is 1. The van der Waals surface area contributed by atoms with Gasteiger partial charge < -0.3 is 14.4 Å². The summed E-state index contributed by atoms with van der Waals surface area (Å²) in [6, 6.07) is 11.0. The molecule has 3 rings (SSSR count). The van der Waals surface area contributed by atoms with Crippen LogP contribution in [0.25, 0.3) is 0 Å². The first-order chi connectivity index (χ1) is 12.2. The fraction of sp³-hybridized carbons (Fsp3) is 0.368. The predicted octanol–water partition coefficient (Wildman–Crippen LogP) is 3.93. The van der Waals surface area contributed by atoms with E-state index in [-0.39, 0.29) is 12.0 Å². The molecule has 0 aliphatic carbocycles. The standard InChI is InChI=1S/C19H21BrN2O3/c1-2-3-11-24-15-8-6-14(7-9-15)19(23)22-12-16(13-22)25-18-17(20)5-4-10-21-18/h4-10,16H,2-3,11-13H2,1H3. The summed E-state index contributed by atoms with van der Waals surface area (Å²) in [6.07, 6.45) is 3.80. The number of aromatic nitrogens is 1. The molecule has 0 bridgehead atoms. The molecule has 0 radical (unpaired) electrons. The molecule has 1 aromatic heterocycles. The van der Waals surface area contributed by atoms with Crippen molar-refractivity contribution in [2.45, 2.75) is 25.9 Å². The van der Waals surface area contributed by atoms with Crippen molar-refractivity contribution in [1.29, 1.82) is 0 Å². The molecule has 1 fully saturated rings. The van der Waals surface area contributed by atoms with E-state index >= 15 is 0 Å². The van der Waals surface area contributed by atoms with E-state index in [1.54, 1.807) is 11.1 Å². The Hall–Kier alpha value is -2.08. The number of pyridine rings is 1. The van der Waals surface area contributed by atoms with E-state index in [9.17, 15) is 4.79 Å². The maximum absolute atomic E-state index is 12.5. The Morgan fingerprint density at radius 2 is 2.04 bits per heavy atom. The molecule has 1 aliphatic heterocycles. The quantitative estimate of drug-likeness (QED) is 0.656. The molecule has 0 unspecified atom stereocenters. The molecular formula is C19H21BrN2O3. The highest BCUT2D eigenvalue weighted by Crippen LogP contribution is 2.25. The number of hydrogen-bond acceptors (Lipinski definition) is 4. The summed E-state index contributed by atoms with van der Waals surface area (Å²) >= 11 is 3.41. The number of halogens is 1. The number of nitrogens with zero attached hydrogens (tertiary/aromatic N) is 2. The van der Waals surface area contributed by atoms with Gasteiger partial charge in [-0.3, -0.25) is 4.79 Å². The average molecular weight is 405 g/mol. The molecule has 1 amide bonds. The zero-order valence-electron chi connectivity index (χ0n) is 14.2. The number of ether oxygens (including phenoxy) is 2. The van der Waals surface area contributed by atoms with E-state index in [0.717, 1.165) is 23.1 Å². The van der Waals surface area contributed by atoms with Crippen molar-refractivity contribution in [3.63, 3.8) is 0 Å². The number of carbonyl (C=O) groups excluding carboxylic acids is 1. The van der Waals surface area contributed by atoms with Crippen LogP contribution in [0.15, 0.2) is 47.1 Å². The Morgan fingerprint density at radius 1 is 1.28 bits per heavy atom. The molecule has 0 saturated carbocycles. The monoisotopic (exact) mass is 404 g/mol. The van der Waals surface area contributed by atoms with Gasteiger partial charge >= 0.3 is 0 Å². The van der Waals surface area contributed by atoms with Gasteiger partial charge in [0, 0.05) is 11.8 Å². The molecule has 6 heteroatoms. The van der Waals surface area contributed by atoms with E-state index in [2.05, 4.69) is 27.8 Å². The van der Waals surface area contributed by atoms with Crippen LogP contribution >= 0.6 is 15.9 Å². The van der Waals surface area contributed by atoms with Gasteiger partial charge in [-0.2, -0.15) is 0 Å². The fourth-order valence-corrected chi connectivity index (χ4v) is 2.85. The van der Waals surface area contributed by atoms with Crippen LogP contribution < -0.4 is 9.47 Å². The summed E-state index contributed by atoms with van der Waals surface area (Å²) < 4.78 is 12.2. The van der Waals surface area contributed by atoms with Gasteiger partial charge in [-0.15, -0.1) is 0 Å². The maximum Gasteiger partial charge on any atom is 0.254 e. The Balaban J connectivity index is 1.49. The van der Waals surface area contributed by atoms with Gasteiger partial charge in [-0.25, -0.2) is 4.98 Å². The third-order valence-electron chi connectivity index (χ3n) is 4.01. The van der Waals surface area contributed by atoms with Crippen molar-refractivity contribution in [3.8, 4) is 11.6 Å². The SMILES string of the molecule is CCCCOc1ccc(C(=O)N2CC(Oc3ncccc3Br)C2)cc1. The van der Waals surface area contributed by atoms with Crippen LogP contribution in [0, 0.1) is 0 Å². The summed E-state index contributed by atoms with van der Waals surface area (Å²) in [5, 5.41) is 0. The van der Waals surface area contributed by atoms with Gasteiger partial charge in [-0.05, 0) is 58.7 Å². The third kappa shape index (κ3) is 4.51. The van der Waals surface area contributed by atoms with Crippen molar-refractivity contribution < 1.29 is 14.3 Å². The van der Waals surface area contributed by atoms with Gasteiger partial charge in [0.05, 0.1) is 24.2 Å². The Morgan fingerprint density at radius 3 is 2.72 bits per heavy atom. The van der Waals surface area contributed by atoms with Gasteiger partial charge in [0.2, 0.25) is 5.88 Å². The van der Waals surface area contributed by atoms with Crippen LogP contribution in [0.5, 0.6) is 11.6 Å². The van der Waals surface area contributed by atoms with Crippen LogP contribution in [-0.4, -0.2) is 41.6 Å². The van der Waals surface area contributed by atoms with Crippen molar-refractivity contribution in [2.75, 3.05) is 19.7 Å². The highest BCUT2D eigenvalue weighted by Gasteiger charge is 2.33. The van der Waals surface area contributed by atoms with Gasteiger partial charge in [0.15, 0.2) is 0 Å². The van der Waals surface area contributed by atoms with Crippen molar-refractivity contribution in [3.05, 3.63) is 52.6 Å². The lowest BCUT2D eigenvalue weighted by atomic mass is 10.1. The molecule has 2 aromatic rings. The summed E-state index contributed by atoms with van der Waals surface area (Å²) in [5.41, 5.74) is 0.667. The number of amides is 1. The summed E-state index contributed by atoms with van der Waals surface area (Å²) in [7, 11) is 0. The number of likely N-dealkylation sites (tertiary alicyclic amines) is 1. The van der Waals surface area contributed by atoms with Crippen LogP contribution in [0.3, 0.4) is 0 Å². The van der Waals surface area contributed by atoms with E-state index in [4.69, 9.17) is 9.47 Å². The molecule has 5 nitrogen and oxygen atoms in total. The molecule has 1 aromatic carbocycles. The highest BCUT2D eigenvalue weighted by atomic mass is 79.9. The lowest BCUT2D eigenvalue weighted by Gasteiger charge is -2.38. The van der Waals surface area contributed by atoms with Crippen LogP contribution in [-0.2, 0) is 0 Å². The van der Waals surface area contributed by atoms with Crippen LogP contribution in [0.4, 0.5) is 0 Å². The predicted molar refractivity (Wildman–Crippen MR) is 99.1 cm³/mol. The minimum absolute atomic E-state index is 0.0139. The number of hydrogen-bond donors (Lipinski definition) is 0. The fourth-order valence-electron chi connectivity index (χ4n) is 2.50. The summed E-state index contributed by atoms with van der Waals surface area (Å²) in [5.74, 6) is 1.38. The molecule has 2 heterocycles. The molecule has 25 heavy (non-hydrogen) atoms. The number of carbonyl (C=O) groups is 1. The van der Waals surface area contributed by atoms with Crippen LogP contribution in [0.1, 0.15) is 30.1 Å². The lowest BCUT2D eigenvalue weighted by Crippen LogP contribution is -2.56. The lowest BCUT2D eigenvalue weighted by molar-refractivity contribution is 0.0157. The molecule has 132 valence electrons. The largest absolute Gasteiger partial charge is 0.494 e. The minimum Gasteiger partial charge on any atom is -0.494 e. The second-order valence-electron chi connectivity index (χ2n) is 5.97. The average Bonchev–Trinajstić information content (AvgIpc) is 2.59. The molecule has 0 atom stereocenters. The zero-order valence-corrected chi connectivity index (χ0v) is 15.7. The molecule has 1 aliphatic rings. The van der Waals surface area contributed by atoms with E-state index < -0.39 is 0 Å². The molecule has 1 saturated heterocycles. The Bertz CT molecular complexity index is 715. The first kappa shape index (κ1) is 17.7. The van der Waals surface area contributed by atoms with E-state index in [1.165, 1.54) is 0 Å². The van der Waals surface area contributed by atoms with Gasteiger partial charge in [0.25, 0.3) is 5.91 Å². The smallest absolute Gasteiger partial charge is 0.254 e. The second-order valence-corrected chi connectivity index (χ2v) is 6.82. The maximum atomic E-state index is 12.5.